The fourth-order valence-electron chi connectivity index (χ4n) is 3.13. The number of nitrogens with two attached hydrogens (primary N) is 1. The van der Waals surface area contributed by atoms with E-state index in [0.29, 0.717) is 22.4 Å². The van der Waals surface area contributed by atoms with Crippen molar-refractivity contribution in [2.75, 3.05) is 5.32 Å². The zero-order chi connectivity index (χ0) is 19.7. The van der Waals surface area contributed by atoms with Crippen LogP contribution in [0.25, 0.3) is 21.5 Å². The van der Waals surface area contributed by atoms with Crippen LogP contribution >= 0.6 is 11.3 Å². The molecular formula is C22H17N3O2S. The Balaban J connectivity index is 1.74. The summed E-state index contributed by atoms with van der Waals surface area (Å²) in [6, 6.07) is 18.4. The van der Waals surface area contributed by atoms with Crippen LogP contribution in [-0.4, -0.2) is 16.8 Å². The predicted molar refractivity (Wildman–Crippen MR) is 113 cm³/mol. The number of nitrogens with one attached hydrogen (secondary N) is 1. The largest absolute Gasteiger partial charge is 0.366 e. The number of hydrogen-bond donors (Lipinski definition) is 2. The van der Waals surface area contributed by atoms with E-state index < -0.39 is 5.91 Å². The van der Waals surface area contributed by atoms with Crippen LogP contribution in [0.3, 0.4) is 0 Å². The highest BCUT2D eigenvalue weighted by molar-refractivity contribution is 7.13. The highest BCUT2D eigenvalue weighted by Crippen LogP contribution is 2.28. The van der Waals surface area contributed by atoms with Gasteiger partial charge in [0, 0.05) is 16.6 Å². The molecular weight excluding hydrogens is 370 g/mol. The molecule has 4 rings (SSSR count). The quantitative estimate of drug-likeness (QED) is 0.536. The van der Waals surface area contributed by atoms with Gasteiger partial charge in [0.25, 0.3) is 5.91 Å². The van der Waals surface area contributed by atoms with Gasteiger partial charge in [-0.3, -0.25) is 9.59 Å². The molecule has 4 aromatic rings. The molecule has 0 aliphatic rings. The summed E-state index contributed by atoms with van der Waals surface area (Å²) in [5.74, 6) is -0.723. The van der Waals surface area contributed by atoms with E-state index in [2.05, 4.69) is 5.32 Å². The number of primary amides is 1. The van der Waals surface area contributed by atoms with Crippen LogP contribution in [0.15, 0.2) is 66.0 Å². The molecule has 2 aromatic carbocycles. The van der Waals surface area contributed by atoms with Crippen molar-refractivity contribution in [1.29, 1.82) is 0 Å². The van der Waals surface area contributed by atoms with E-state index in [0.717, 1.165) is 21.5 Å². The summed E-state index contributed by atoms with van der Waals surface area (Å²) in [5.41, 5.74) is 9.18. The first-order chi connectivity index (χ1) is 13.5. The van der Waals surface area contributed by atoms with Crippen molar-refractivity contribution in [2.45, 2.75) is 6.92 Å². The summed E-state index contributed by atoms with van der Waals surface area (Å²) in [4.78, 5) is 30.1. The molecule has 0 saturated carbocycles. The van der Waals surface area contributed by atoms with Crippen molar-refractivity contribution in [3.8, 4) is 10.6 Å². The average molecular weight is 387 g/mol. The Bertz CT molecular complexity index is 1200. The number of nitrogens with zero attached hydrogens (tertiary/aromatic N) is 1. The Morgan fingerprint density at radius 3 is 2.54 bits per heavy atom. The van der Waals surface area contributed by atoms with Gasteiger partial charge >= 0.3 is 0 Å². The number of benzene rings is 2. The van der Waals surface area contributed by atoms with Crippen LogP contribution in [0.5, 0.6) is 0 Å². The Hall–Kier alpha value is -3.51. The molecule has 0 aliphatic carbocycles. The highest BCUT2D eigenvalue weighted by Gasteiger charge is 2.15. The minimum Gasteiger partial charge on any atom is -0.366 e. The Kier molecular flexibility index (Phi) is 4.63. The van der Waals surface area contributed by atoms with Gasteiger partial charge in [-0.1, -0.05) is 24.3 Å². The number of amides is 2. The van der Waals surface area contributed by atoms with E-state index in [9.17, 15) is 9.59 Å². The fourth-order valence-corrected chi connectivity index (χ4v) is 3.82. The molecule has 2 amide bonds. The molecule has 0 radical (unpaired) electrons. The summed E-state index contributed by atoms with van der Waals surface area (Å²) in [6.07, 6.45) is 0. The molecule has 0 unspecified atom stereocenters. The van der Waals surface area contributed by atoms with Crippen LogP contribution in [-0.2, 0) is 0 Å². The molecule has 138 valence electrons. The molecule has 0 atom stereocenters. The second-order valence-corrected chi connectivity index (χ2v) is 7.35. The highest BCUT2D eigenvalue weighted by atomic mass is 32.1. The number of aromatic nitrogens is 1. The summed E-state index contributed by atoms with van der Waals surface area (Å²) in [7, 11) is 0. The number of fused-ring (bicyclic) bond motifs is 1. The van der Waals surface area contributed by atoms with Crippen molar-refractivity contribution in [1.82, 2.24) is 4.98 Å². The van der Waals surface area contributed by atoms with Gasteiger partial charge in [0.2, 0.25) is 5.91 Å². The van der Waals surface area contributed by atoms with E-state index in [4.69, 9.17) is 10.7 Å². The Morgan fingerprint density at radius 2 is 1.82 bits per heavy atom. The zero-order valence-electron chi connectivity index (χ0n) is 15.1. The van der Waals surface area contributed by atoms with Gasteiger partial charge in [-0.15, -0.1) is 11.3 Å². The predicted octanol–water partition coefficient (Wildman–Crippen LogP) is 4.62. The molecule has 5 nitrogen and oxygen atoms in total. The second-order valence-electron chi connectivity index (χ2n) is 6.40. The first kappa shape index (κ1) is 17.9. The third-order valence-electron chi connectivity index (χ3n) is 4.48. The van der Waals surface area contributed by atoms with Crippen molar-refractivity contribution >= 4 is 39.7 Å². The number of carbonyl (C=O) groups is 2. The second kappa shape index (κ2) is 7.25. The van der Waals surface area contributed by atoms with Crippen molar-refractivity contribution in [2.24, 2.45) is 5.73 Å². The average Bonchev–Trinajstić information content (AvgIpc) is 3.21. The van der Waals surface area contributed by atoms with Gasteiger partial charge in [-0.05, 0) is 54.3 Å². The minimum atomic E-state index is -0.490. The van der Waals surface area contributed by atoms with Gasteiger partial charge in [-0.25, -0.2) is 4.98 Å². The maximum atomic E-state index is 13.1. The number of aryl methyl sites for hydroxylation is 1. The number of para-hydroxylation sites is 1. The normalized spacial score (nSPS) is 10.8. The summed E-state index contributed by atoms with van der Waals surface area (Å²) in [5, 5.41) is 5.68. The summed E-state index contributed by atoms with van der Waals surface area (Å²) in [6.45, 7) is 1.78. The van der Waals surface area contributed by atoms with Crippen LogP contribution in [0.1, 0.15) is 26.3 Å². The number of thiophene rings is 1. The molecule has 2 heterocycles. The maximum absolute atomic E-state index is 13.1. The van der Waals surface area contributed by atoms with Crippen molar-refractivity contribution in [3.63, 3.8) is 0 Å². The Labute approximate surface area is 165 Å². The molecule has 0 bridgehead atoms. The maximum Gasteiger partial charge on any atom is 0.256 e. The van der Waals surface area contributed by atoms with E-state index >= 15 is 0 Å². The number of rotatable bonds is 4. The van der Waals surface area contributed by atoms with Gasteiger partial charge < -0.3 is 11.1 Å². The van der Waals surface area contributed by atoms with Crippen LogP contribution in [0, 0.1) is 6.92 Å². The monoisotopic (exact) mass is 387 g/mol. The van der Waals surface area contributed by atoms with Gasteiger partial charge in [-0.2, -0.15) is 0 Å². The van der Waals surface area contributed by atoms with Crippen molar-refractivity contribution in [3.05, 3.63) is 82.7 Å². The molecule has 0 aliphatic heterocycles. The van der Waals surface area contributed by atoms with E-state index in [1.54, 1.807) is 36.5 Å². The Morgan fingerprint density at radius 1 is 1.00 bits per heavy atom. The lowest BCUT2D eigenvalue weighted by atomic mass is 10.1. The summed E-state index contributed by atoms with van der Waals surface area (Å²) >= 11 is 1.58. The van der Waals surface area contributed by atoms with Crippen LogP contribution in [0.4, 0.5) is 5.69 Å². The number of anilines is 1. The first-order valence-electron chi connectivity index (χ1n) is 8.68. The molecule has 3 N–H and O–H groups in total. The van der Waals surface area contributed by atoms with Crippen molar-refractivity contribution < 1.29 is 9.59 Å². The third-order valence-corrected chi connectivity index (χ3v) is 5.38. The zero-order valence-corrected chi connectivity index (χ0v) is 15.9. The van der Waals surface area contributed by atoms with Gasteiger partial charge in [0.15, 0.2) is 0 Å². The SMILES string of the molecule is Cc1cc(NC(=O)c2cc(-c3cccs3)nc3ccccc23)ccc1C(N)=O. The van der Waals surface area contributed by atoms with Gasteiger partial charge in [0.05, 0.1) is 21.7 Å². The van der Waals surface area contributed by atoms with Crippen LogP contribution < -0.4 is 11.1 Å². The number of carbonyl (C=O) groups excluding carboxylic acids is 2. The molecule has 0 spiro atoms. The van der Waals surface area contributed by atoms with Gasteiger partial charge in [0.1, 0.15) is 0 Å². The molecule has 6 heteroatoms. The fraction of sp³-hybridized carbons (Fsp3) is 0.0455. The topological polar surface area (TPSA) is 85.1 Å². The molecule has 0 saturated heterocycles. The van der Waals surface area contributed by atoms with E-state index in [-0.39, 0.29) is 5.91 Å². The molecule has 28 heavy (non-hydrogen) atoms. The van der Waals surface area contributed by atoms with E-state index in [1.165, 1.54) is 0 Å². The van der Waals surface area contributed by atoms with Crippen LogP contribution in [0.2, 0.25) is 0 Å². The number of pyridine rings is 1. The molecule has 0 fully saturated rings. The smallest absolute Gasteiger partial charge is 0.256 e. The lowest BCUT2D eigenvalue weighted by molar-refractivity contribution is 0.0998. The number of hydrogen-bond acceptors (Lipinski definition) is 4. The summed E-state index contributed by atoms with van der Waals surface area (Å²) < 4.78 is 0. The lowest BCUT2D eigenvalue weighted by Gasteiger charge is -2.11. The minimum absolute atomic E-state index is 0.234. The van der Waals surface area contributed by atoms with E-state index in [1.807, 2.05) is 47.8 Å². The molecule has 2 aromatic heterocycles. The first-order valence-corrected chi connectivity index (χ1v) is 9.56. The lowest BCUT2D eigenvalue weighted by Crippen LogP contribution is -2.15. The third kappa shape index (κ3) is 3.37. The standard InChI is InChI=1S/C22H17N3O2S/c1-13-11-14(8-9-15(13)21(23)26)24-22(27)17-12-19(20-7-4-10-28-20)25-18-6-3-2-5-16(17)18/h2-12H,1H3,(H2,23,26)(H,24,27).